The number of carbonyl (C=O) groups is 5. The van der Waals surface area contributed by atoms with Gasteiger partial charge in [-0.25, -0.2) is 0 Å². The lowest BCUT2D eigenvalue weighted by molar-refractivity contribution is -0.138. The molecule has 208 valence electrons. The fourth-order valence-corrected chi connectivity index (χ4v) is 5.40. The highest BCUT2D eigenvalue weighted by molar-refractivity contribution is 6.01. The molecule has 4 amide bonds. The highest BCUT2D eigenvalue weighted by atomic mass is 16.2. The molecule has 2 N–H and O–H groups in total. The minimum Gasteiger partial charge on any atom is -0.378 e. The van der Waals surface area contributed by atoms with Gasteiger partial charge in [-0.05, 0) is 49.4 Å². The van der Waals surface area contributed by atoms with E-state index in [1.54, 1.807) is 12.1 Å². The van der Waals surface area contributed by atoms with E-state index in [-0.39, 0.29) is 41.9 Å². The Balaban J connectivity index is 1.76. The Bertz CT molecular complexity index is 1050. The fraction of sp³-hybridized carbons (Fsp3) is 0.607. The summed E-state index contributed by atoms with van der Waals surface area (Å²) >= 11 is 0. The monoisotopic (exact) mass is 527 g/mol. The Morgan fingerprint density at radius 3 is 2.18 bits per heavy atom. The van der Waals surface area contributed by atoms with Crippen molar-refractivity contribution >= 4 is 35.1 Å². The molecule has 2 heterocycles. The zero-order chi connectivity index (χ0) is 28.1. The van der Waals surface area contributed by atoms with E-state index in [2.05, 4.69) is 10.6 Å². The lowest BCUT2D eigenvalue weighted by Gasteiger charge is -2.30. The fourth-order valence-electron chi connectivity index (χ4n) is 5.40. The SMILES string of the molecule is CCC[C@H](NC(C)=O)C(=O)N1CC(=O)C2C1CCN2C(=O)[C@H](CC(C)C)NC(=O)c1ccc(N(C)C)cc1. The Kier molecular flexibility index (Phi) is 9.51. The van der Waals surface area contributed by atoms with Crippen LogP contribution in [0.4, 0.5) is 5.69 Å². The molecule has 0 spiro atoms. The van der Waals surface area contributed by atoms with E-state index in [0.29, 0.717) is 37.8 Å². The highest BCUT2D eigenvalue weighted by Crippen LogP contribution is 2.31. The topological polar surface area (TPSA) is 119 Å². The van der Waals surface area contributed by atoms with E-state index < -0.39 is 24.2 Å². The molecule has 0 radical (unpaired) electrons. The summed E-state index contributed by atoms with van der Waals surface area (Å²) in [5.74, 6) is -1.31. The molecule has 38 heavy (non-hydrogen) atoms. The zero-order valence-corrected chi connectivity index (χ0v) is 23.3. The van der Waals surface area contributed by atoms with Crippen LogP contribution in [0.2, 0.25) is 0 Å². The number of carbonyl (C=O) groups excluding carboxylic acids is 5. The summed E-state index contributed by atoms with van der Waals surface area (Å²) in [5, 5.41) is 5.59. The summed E-state index contributed by atoms with van der Waals surface area (Å²) < 4.78 is 0. The van der Waals surface area contributed by atoms with Crippen molar-refractivity contribution in [3.63, 3.8) is 0 Å². The van der Waals surface area contributed by atoms with Gasteiger partial charge >= 0.3 is 0 Å². The van der Waals surface area contributed by atoms with Gasteiger partial charge in [-0.3, -0.25) is 24.0 Å². The van der Waals surface area contributed by atoms with Crippen LogP contribution in [0.5, 0.6) is 0 Å². The summed E-state index contributed by atoms with van der Waals surface area (Å²) in [7, 11) is 3.83. The Hall–Kier alpha value is -3.43. The number of fused-ring (bicyclic) bond motifs is 1. The number of anilines is 1. The molecule has 2 unspecified atom stereocenters. The molecule has 2 fully saturated rings. The standard InChI is InChI=1S/C28H41N5O5/c1-7-8-21(29-18(4)34)27(37)33-16-24(35)25-23(33)13-14-32(25)28(38)22(15-17(2)3)30-26(36)19-9-11-20(12-10-19)31(5)6/h9-12,17,21-23,25H,7-8,13-16H2,1-6H3,(H,29,34)(H,30,36)/t21-,22-,23?,25?/m0/s1. The van der Waals surface area contributed by atoms with Crippen molar-refractivity contribution in [3.05, 3.63) is 29.8 Å². The molecule has 0 aromatic heterocycles. The first-order valence-corrected chi connectivity index (χ1v) is 13.4. The van der Waals surface area contributed by atoms with Crippen LogP contribution in [0.15, 0.2) is 24.3 Å². The predicted molar refractivity (Wildman–Crippen MR) is 145 cm³/mol. The Morgan fingerprint density at radius 2 is 1.63 bits per heavy atom. The normalized spacial score (nSPS) is 20.2. The van der Waals surface area contributed by atoms with E-state index in [9.17, 15) is 24.0 Å². The summed E-state index contributed by atoms with van der Waals surface area (Å²) in [4.78, 5) is 69.8. The van der Waals surface area contributed by atoms with Gasteiger partial charge in [0.2, 0.25) is 17.7 Å². The molecule has 1 aromatic rings. The van der Waals surface area contributed by atoms with Crippen LogP contribution < -0.4 is 15.5 Å². The molecule has 1 aromatic carbocycles. The molecule has 10 nitrogen and oxygen atoms in total. The van der Waals surface area contributed by atoms with Crippen molar-refractivity contribution in [2.75, 3.05) is 32.1 Å². The summed E-state index contributed by atoms with van der Waals surface area (Å²) in [6, 6.07) is 4.47. The van der Waals surface area contributed by atoms with Gasteiger partial charge in [0.1, 0.15) is 18.1 Å². The first-order valence-electron chi connectivity index (χ1n) is 13.4. The maximum absolute atomic E-state index is 13.7. The van der Waals surface area contributed by atoms with Gasteiger partial charge in [-0.1, -0.05) is 27.2 Å². The molecule has 2 aliphatic rings. The Labute approximate surface area is 225 Å². The molecule has 0 saturated carbocycles. The average Bonchev–Trinajstić information content (AvgIpc) is 3.43. The van der Waals surface area contributed by atoms with E-state index in [4.69, 9.17) is 0 Å². The van der Waals surface area contributed by atoms with Gasteiger partial charge in [0.25, 0.3) is 5.91 Å². The van der Waals surface area contributed by atoms with Crippen molar-refractivity contribution in [2.24, 2.45) is 5.92 Å². The number of rotatable bonds is 10. The van der Waals surface area contributed by atoms with E-state index in [0.717, 1.165) is 5.69 Å². The third-order valence-electron chi connectivity index (χ3n) is 7.20. The minimum absolute atomic E-state index is 0.0861. The van der Waals surface area contributed by atoms with Gasteiger partial charge < -0.3 is 25.3 Å². The summed E-state index contributed by atoms with van der Waals surface area (Å²) in [6.07, 6.45) is 2.07. The second-order valence-electron chi connectivity index (χ2n) is 10.9. The van der Waals surface area contributed by atoms with Gasteiger partial charge in [0.05, 0.1) is 12.6 Å². The predicted octanol–water partition coefficient (Wildman–Crippen LogP) is 1.58. The maximum atomic E-state index is 13.7. The zero-order valence-electron chi connectivity index (χ0n) is 23.3. The maximum Gasteiger partial charge on any atom is 0.251 e. The molecular formula is C28H41N5O5. The van der Waals surface area contributed by atoms with Crippen molar-refractivity contribution in [1.82, 2.24) is 20.4 Å². The number of Topliss-reactive ketones (excluding diaryl/α,β-unsaturated/α-hetero) is 1. The highest BCUT2D eigenvalue weighted by Gasteiger charge is 2.53. The Morgan fingerprint density at radius 1 is 1.00 bits per heavy atom. The minimum atomic E-state index is -0.792. The van der Waals surface area contributed by atoms with Crippen LogP contribution in [-0.2, 0) is 19.2 Å². The number of likely N-dealkylation sites (tertiary alicyclic amines) is 2. The number of ketones is 1. The molecular weight excluding hydrogens is 486 g/mol. The number of hydrogen-bond acceptors (Lipinski definition) is 6. The second kappa shape index (κ2) is 12.4. The quantitative estimate of drug-likeness (QED) is 0.477. The smallest absolute Gasteiger partial charge is 0.251 e. The molecule has 0 bridgehead atoms. The average molecular weight is 528 g/mol. The summed E-state index contributed by atoms with van der Waals surface area (Å²) in [5.41, 5.74) is 1.41. The number of amides is 4. The molecule has 2 aliphatic heterocycles. The van der Waals surface area contributed by atoms with Crippen LogP contribution in [0.1, 0.15) is 63.7 Å². The number of benzene rings is 1. The van der Waals surface area contributed by atoms with Crippen molar-refractivity contribution in [1.29, 1.82) is 0 Å². The first-order chi connectivity index (χ1) is 17.9. The number of nitrogens with zero attached hydrogens (tertiary/aromatic N) is 3. The first kappa shape index (κ1) is 29.1. The van der Waals surface area contributed by atoms with E-state index in [1.807, 2.05) is 51.9 Å². The van der Waals surface area contributed by atoms with E-state index >= 15 is 0 Å². The van der Waals surface area contributed by atoms with Crippen LogP contribution in [-0.4, -0.2) is 90.6 Å². The van der Waals surface area contributed by atoms with Gasteiger partial charge in [-0.2, -0.15) is 0 Å². The molecule has 3 rings (SSSR count). The third kappa shape index (κ3) is 6.52. The largest absolute Gasteiger partial charge is 0.378 e. The van der Waals surface area contributed by atoms with Gasteiger partial charge in [-0.15, -0.1) is 0 Å². The van der Waals surface area contributed by atoms with Crippen LogP contribution in [0.25, 0.3) is 0 Å². The van der Waals surface area contributed by atoms with Crippen molar-refractivity contribution in [2.45, 2.75) is 77.5 Å². The van der Waals surface area contributed by atoms with Crippen LogP contribution in [0, 0.1) is 5.92 Å². The molecule has 2 saturated heterocycles. The van der Waals surface area contributed by atoms with Crippen LogP contribution >= 0.6 is 0 Å². The number of nitrogens with one attached hydrogen (secondary N) is 2. The van der Waals surface area contributed by atoms with Crippen LogP contribution in [0.3, 0.4) is 0 Å². The number of hydrogen-bond donors (Lipinski definition) is 2. The summed E-state index contributed by atoms with van der Waals surface area (Å²) in [6.45, 7) is 7.48. The lowest BCUT2D eigenvalue weighted by atomic mass is 10.0. The third-order valence-corrected chi connectivity index (χ3v) is 7.20. The molecule has 10 heteroatoms. The lowest BCUT2D eigenvalue weighted by Crippen LogP contribution is -2.53. The van der Waals surface area contributed by atoms with Crippen molar-refractivity contribution < 1.29 is 24.0 Å². The molecule has 4 atom stereocenters. The van der Waals surface area contributed by atoms with E-state index in [1.165, 1.54) is 16.7 Å². The van der Waals surface area contributed by atoms with Crippen molar-refractivity contribution in [3.8, 4) is 0 Å². The molecule has 0 aliphatic carbocycles. The second-order valence-corrected chi connectivity index (χ2v) is 10.9. The van der Waals surface area contributed by atoms with Gasteiger partial charge in [0.15, 0.2) is 5.78 Å². The van der Waals surface area contributed by atoms with Gasteiger partial charge in [0, 0.05) is 38.8 Å².